The molecule has 1 fully saturated rings. The summed E-state index contributed by atoms with van der Waals surface area (Å²) in [6.45, 7) is 7.56. The minimum atomic E-state index is -0.0363. The van der Waals surface area contributed by atoms with Crippen LogP contribution in [0.25, 0.3) is 10.9 Å². The number of aromatic amines is 1. The van der Waals surface area contributed by atoms with Crippen molar-refractivity contribution in [2.24, 2.45) is 0 Å². The van der Waals surface area contributed by atoms with E-state index in [9.17, 15) is 4.79 Å². The van der Waals surface area contributed by atoms with Crippen LogP contribution in [0.2, 0.25) is 0 Å². The predicted octanol–water partition coefficient (Wildman–Crippen LogP) is 5.40. The Labute approximate surface area is 206 Å². The number of aromatic nitrogens is 5. The van der Waals surface area contributed by atoms with Gasteiger partial charge in [-0.1, -0.05) is 56.2 Å². The second-order valence-corrected chi connectivity index (χ2v) is 9.90. The van der Waals surface area contributed by atoms with Gasteiger partial charge in [-0.15, -0.1) is 5.10 Å². The smallest absolute Gasteiger partial charge is 0.252 e. The van der Waals surface area contributed by atoms with Crippen LogP contribution in [-0.4, -0.2) is 30.1 Å². The van der Waals surface area contributed by atoms with Gasteiger partial charge in [-0.2, -0.15) is 0 Å². The Morgan fingerprint density at radius 2 is 1.86 bits per heavy atom. The molecule has 0 spiro atoms. The Morgan fingerprint density at radius 3 is 2.60 bits per heavy atom. The number of nitrogens with zero attached hydrogens (tertiary/aromatic N) is 5. The summed E-state index contributed by atoms with van der Waals surface area (Å²) in [6, 6.07) is 17.1. The van der Waals surface area contributed by atoms with Gasteiger partial charge in [0.05, 0.1) is 12.1 Å². The number of hydrogen-bond acceptors (Lipinski definition) is 5. The molecule has 2 aromatic carbocycles. The van der Waals surface area contributed by atoms with Crippen molar-refractivity contribution in [2.75, 3.05) is 0 Å². The lowest BCUT2D eigenvalue weighted by molar-refractivity contribution is 0.158. The average Bonchev–Trinajstić information content (AvgIpc) is 3.53. The van der Waals surface area contributed by atoms with Crippen molar-refractivity contribution in [2.45, 2.75) is 78.0 Å². The van der Waals surface area contributed by atoms with Crippen molar-refractivity contribution in [1.82, 2.24) is 30.1 Å². The van der Waals surface area contributed by atoms with Gasteiger partial charge in [0.25, 0.3) is 5.56 Å². The first kappa shape index (κ1) is 23.4. The number of pyridine rings is 1. The standard InChI is InChI=1S/C28H34N6O/c1-4-26(27-30-31-32-34(27)23-12-8-9-13-23)33(17-21-10-6-5-7-11-21)18-22-16-24-20(3)14-19(2)15-25(24)29-28(22)35/h5-7,10-11,14-16,23,26H,4,8-9,12-13,17-18H2,1-3H3,(H,29,35). The lowest BCUT2D eigenvalue weighted by Gasteiger charge is -2.31. The lowest BCUT2D eigenvalue weighted by atomic mass is 10.0. The summed E-state index contributed by atoms with van der Waals surface area (Å²) >= 11 is 0. The summed E-state index contributed by atoms with van der Waals surface area (Å²) in [4.78, 5) is 18.7. The van der Waals surface area contributed by atoms with Crippen LogP contribution in [0.1, 0.15) is 79.2 Å². The number of nitrogens with one attached hydrogen (secondary N) is 1. The molecule has 0 bridgehead atoms. The topological polar surface area (TPSA) is 79.7 Å². The van der Waals surface area contributed by atoms with Gasteiger partial charge in [-0.05, 0) is 72.4 Å². The van der Waals surface area contributed by atoms with Crippen molar-refractivity contribution in [3.63, 3.8) is 0 Å². The van der Waals surface area contributed by atoms with Gasteiger partial charge in [0.15, 0.2) is 5.82 Å². The summed E-state index contributed by atoms with van der Waals surface area (Å²) in [5.41, 5.74) is 5.14. The number of rotatable bonds is 8. The zero-order chi connectivity index (χ0) is 24.4. The zero-order valence-electron chi connectivity index (χ0n) is 20.9. The molecule has 5 rings (SSSR count). The van der Waals surface area contributed by atoms with E-state index in [0.29, 0.717) is 19.1 Å². The summed E-state index contributed by atoms with van der Waals surface area (Å²) < 4.78 is 2.05. The molecule has 7 heteroatoms. The Balaban J connectivity index is 1.54. The number of aryl methyl sites for hydroxylation is 2. The highest BCUT2D eigenvalue weighted by Crippen LogP contribution is 2.33. The molecule has 0 amide bonds. The number of hydrogen-bond donors (Lipinski definition) is 1. The van der Waals surface area contributed by atoms with Gasteiger partial charge in [0.2, 0.25) is 0 Å². The van der Waals surface area contributed by atoms with Crippen LogP contribution in [0, 0.1) is 13.8 Å². The van der Waals surface area contributed by atoms with Crippen LogP contribution < -0.4 is 5.56 Å². The van der Waals surface area contributed by atoms with Gasteiger partial charge in [0.1, 0.15) is 0 Å². The van der Waals surface area contributed by atoms with Gasteiger partial charge in [0, 0.05) is 29.6 Å². The summed E-state index contributed by atoms with van der Waals surface area (Å²) in [7, 11) is 0. The molecule has 2 heterocycles. The normalized spacial score (nSPS) is 15.3. The zero-order valence-corrected chi connectivity index (χ0v) is 20.9. The molecule has 182 valence electrons. The predicted molar refractivity (Wildman–Crippen MR) is 138 cm³/mol. The SMILES string of the molecule is CCC(c1nnnn1C1CCCC1)N(Cc1ccccc1)Cc1cc2c(C)cc(C)cc2[nH]c1=O. The van der Waals surface area contributed by atoms with Crippen LogP contribution >= 0.6 is 0 Å². The van der Waals surface area contributed by atoms with E-state index < -0.39 is 0 Å². The summed E-state index contributed by atoms with van der Waals surface area (Å²) in [5, 5.41) is 14.1. The number of benzene rings is 2. The van der Waals surface area contributed by atoms with Gasteiger partial charge in [-0.25, -0.2) is 4.68 Å². The average molecular weight is 471 g/mol. The molecule has 0 saturated heterocycles. The highest BCUT2D eigenvalue weighted by molar-refractivity contribution is 5.83. The van der Waals surface area contributed by atoms with E-state index in [1.807, 2.05) is 12.1 Å². The number of H-pyrrole nitrogens is 1. The monoisotopic (exact) mass is 470 g/mol. The molecule has 1 aliphatic rings. The molecular formula is C28H34N6O. The van der Waals surface area contributed by atoms with E-state index in [4.69, 9.17) is 0 Å². The Bertz CT molecular complexity index is 1350. The first-order chi connectivity index (χ1) is 17.0. The molecule has 0 radical (unpaired) electrons. The molecule has 1 unspecified atom stereocenters. The first-order valence-electron chi connectivity index (χ1n) is 12.7. The summed E-state index contributed by atoms with van der Waals surface area (Å²) in [6.07, 6.45) is 5.54. The van der Waals surface area contributed by atoms with Crippen LogP contribution in [0.15, 0.2) is 53.3 Å². The van der Waals surface area contributed by atoms with E-state index in [2.05, 4.69) is 87.3 Å². The quantitative estimate of drug-likeness (QED) is 0.373. The van der Waals surface area contributed by atoms with Crippen LogP contribution in [0.3, 0.4) is 0 Å². The minimum absolute atomic E-state index is 0.0000165. The van der Waals surface area contributed by atoms with Crippen LogP contribution in [0.5, 0.6) is 0 Å². The first-order valence-corrected chi connectivity index (χ1v) is 12.7. The molecule has 1 atom stereocenters. The third kappa shape index (κ3) is 4.91. The highest BCUT2D eigenvalue weighted by atomic mass is 16.1. The van der Waals surface area contributed by atoms with Crippen LogP contribution in [0.4, 0.5) is 0 Å². The molecule has 1 aliphatic carbocycles. The third-order valence-corrected chi connectivity index (χ3v) is 7.31. The van der Waals surface area contributed by atoms with Crippen molar-refractivity contribution < 1.29 is 0 Å². The molecule has 1 saturated carbocycles. The minimum Gasteiger partial charge on any atom is -0.322 e. The van der Waals surface area contributed by atoms with E-state index in [1.54, 1.807) is 0 Å². The Kier molecular flexibility index (Phi) is 6.77. The van der Waals surface area contributed by atoms with Gasteiger partial charge < -0.3 is 4.98 Å². The van der Waals surface area contributed by atoms with E-state index in [-0.39, 0.29) is 11.6 Å². The van der Waals surface area contributed by atoms with E-state index in [1.165, 1.54) is 24.0 Å². The molecule has 4 aromatic rings. The maximum atomic E-state index is 13.2. The van der Waals surface area contributed by atoms with Crippen molar-refractivity contribution in [3.05, 3.63) is 87.0 Å². The Morgan fingerprint density at radius 1 is 1.09 bits per heavy atom. The third-order valence-electron chi connectivity index (χ3n) is 7.31. The van der Waals surface area contributed by atoms with Gasteiger partial charge in [-0.3, -0.25) is 9.69 Å². The van der Waals surface area contributed by atoms with E-state index >= 15 is 0 Å². The number of fused-ring (bicyclic) bond motifs is 1. The molecular weight excluding hydrogens is 436 g/mol. The van der Waals surface area contributed by atoms with Crippen LogP contribution in [-0.2, 0) is 13.1 Å². The number of tetrazole rings is 1. The molecule has 7 nitrogen and oxygen atoms in total. The molecule has 0 aliphatic heterocycles. The molecule has 1 N–H and O–H groups in total. The fraction of sp³-hybridized carbons (Fsp3) is 0.429. The second-order valence-electron chi connectivity index (χ2n) is 9.90. The maximum Gasteiger partial charge on any atom is 0.252 e. The van der Waals surface area contributed by atoms with E-state index in [0.717, 1.165) is 47.1 Å². The van der Waals surface area contributed by atoms with Crippen molar-refractivity contribution in [1.29, 1.82) is 0 Å². The second kappa shape index (κ2) is 10.1. The largest absolute Gasteiger partial charge is 0.322 e. The fourth-order valence-corrected chi connectivity index (χ4v) is 5.58. The highest BCUT2D eigenvalue weighted by Gasteiger charge is 2.29. The maximum absolute atomic E-state index is 13.2. The molecule has 35 heavy (non-hydrogen) atoms. The van der Waals surface area contributed by atoms with Crippen molar-refractivity contribution in [3.8, 4) is 0 Å². The van der Waals surface area contributed by atoms with Gasteiger partial charge >= 0.3 is 0 Å². The fourth-order valence-electron chi connectivity index (χ4n) is 5.58. The van der Waals surface area contributed by atoms with Crippen molar-refractivity contribution >= 4 is 10.9 Å². The molecule has 2 aromatic heterocycles. The Hall–Kier alpha value is -3.32. The lowest BCUT2D eigenvalue weighted by Crippen LogP contribution is -2.32. The summed E-state index contributed by atoms with van der Waals surface area (Å²) in [5.74, 6) is 0.902.